The second-order valence-corrected chi connectivity index (χ2v) is 0.439. The van der Waals surface area contributed by atoms with Crippen molar-refractivity contribution in [3.63, 3.8) is 0 Å². The fourth-order valence-electron chi connectivity index (χ4n) is 0.0472. The minimum absolute atomic E-state index is 0.905. The minimum atomic E-state index is 0.905. The molecule has 30 valence electrons. The smallest absolute Gasteiger partial charge is 0.119 e. The van der Waals surface area contributed by atoms with Crippen LogP contribution in [0.1, 0.15) is 0 Å². The molecular weight excluding hydrogens is 86.0 g/mol. The molecule has 0 aromatic heterocycles. The molecule has 0 saturated carbocycles. The van der Waals surface area contributed by atoms with Crippen molar-refractivity contribution in [2.24, 2.45) is 0 Å². The van der Waals surface area contributed by atoms with Crippen molar-refractivity contribution < 1.29 is 8.78 Å². The molecule has 0 nitrogen and oxygen atoms in total. The third-order valence-corrected chi connectivity index (χ3v) is 0.157. The number of rotatable bonds is 0. The average molecular weight is 86.0 g/mol. The van der Waals surface area contributed by atoms with E-state index in [1.165, 1.54) is 0 Å². The van der Waals surface area contributed by atoms with Crippen LogP contribution < -0.4 is 0 Å². The molecule has 0 saturated heterocycles. The second-order valence-electron chi connectivity index (χ2n) is 0.439. The molecular formula is C4F2. The highest BCUT2D eigenvalue weighted by Crippen LogP contribution is 1.53. The highest BCUT2D eigenvalue weighted by molar-refractivity contribution is 5.20. The lowest BCUT2D eigenvalue weighted by Gasteiger charge is -1.42. The topological polar surface area (TPSA) is 0 Å². The van der Waals surface area contributed by atoms with Crippen LogP contribution in [-0.4, -0.2) is 0 Å². The zero-order valence-electron chi connectivity index (χ0n) is 2.76. The first-order valence-electron chi connectivity index (χ1n) is 1.13. The van der Waals surface area contributed by atoms with Crippen LogP contribution in [0.5, 0.6) is 0 Å². The molecule has 0 N–H and O–H groups in total. The van der Waals surface area contributed by atoms with Gasteiger partial charge in [-0.05, 0) is 0 Å². The molecule has 6 heavy (non-hydrogen) atoms. The first-order chi connectivity index (χ1) is 2.91. The quantitative estimate of drug-likeness (QED) is 0.383. The summed E-state index contributed by atoms with van der Waals surface area (Å²) in [7, 11) is 0. The van der Waals surface area contributed by atoms with Gasteiger partial charge in [-0.15, -0.1) is 8.78 Å². The van der Waals surface area contributed by atoms with Crippen LogP contribution in [0.2, 0.25) is 0 Å². The molecule has 0 aliphatic rings. The second kappa shape index (κ2) is 3.98. The molecule has 0 unspecified atom stereocenters. The zero-order valence-corrected chi connectivity index (χ0v) is 2.76. The van der Waals surface area contributed by atoms with E-state index < -0.39 is 0 Å². The zero-order chi connectivity index (χ0) is 4.83. The molecule has 0 aliphatic carbocycles. The first-order valence-corrected chi connectivity index (χ1v) is 1.13. The van der Waals surface area contributed by atoms with Crippen LogP contribution in [0.3, 0.4) is 0 Å². The van der Waals surface area contributed by atoms with Crippen molar-refractivity contribution in [2.45, 2.75) is 0 Å². The van der Waals surface area contributed by atoms with Gasteiger partial charge in [0.05, 0.1) is 0 Å². The van der Waals surface area contributed by atoms with Gasteiger partial charge in [0.1, 0.15) is 12.3 Å². The highest BCUT2D eigenvalue weighted by Gasteiger charge is 1.48. The molecule has 0 aliphatic heterocycles. The molecule has 0 aromatic carbocycles. The Labute approximate surface area is 34.2 Å². The normalized spacial score (nSPS) is 3.67. The summed E-state index contributed by atoms with van der Waals surface area (Å²) in [6, 6.07) is 0. The maximum Gasteiger partial charge on any atom is 0.119 e. The molecule has 0 fully saturated rings. The van der Waals surface area contributed by atoms with E-state index in [0.717, 1.165) is 12.3 Å². The maximum absolute atomic E-state index is 10.5. The van der Waals surface area contributed by atoms with E-state index in [4.69, 9.17) is 0 Å². The van der Waals surface area contributed by atoms with Crippen molar-refractivity contribution in [1.82, 2.24) is 0 Å². The fraction of sp³-hybridized carbons (Fsp3) is 0. The van der Waals surface area contributed by atoms with Gasteiger partial charge in [-0.2, -0.15) is 0 Å². The Hall–Kier alpha value is -1.02. The van der Waals surface area contributed by atoms with Crippen LogP contribution in [0, 0.1) is 24.2 Å². The van der Waals surface area contributed by atoms with Crippen molar-refractivity contribution >= 4 is 0 Å². The summed E-state index contributed by atoms with van der Waals surface area (Å²) in [5.41, 5.74) is 0. The molecule has 0 heterocycles. The van der Waals surface area contributed by atoms with E-state index in [1.807, 2.05) is 0 Å². The van der Waals surface area contributed by atoms with Gasteiger partial charge < -0.3 is 0 Å². The van der Waals surface area contributed by atoms with Gasteiger partial charge in [0.2, 0.25) is 0 Å². The van der Waals surface area contributed by atoms with Crippen LogP contribution in [0.4, 0.5) is 8.78 Å². The number of halogens is 2. The highest BCUT2D eigenvalue weighted by atomic mass is 19.1. The van der Waals surface area contributed by atoms with Crippen LogP contribution in [-0.2, 0) is 0 Å². The lowest BCUT2D eigenvalue weighted by atomic mass is 10.7. The molecule has 0 spiro atoms. The van der Waals surface area contributed by atoms with Gasteiger partial charge in [0.15, 0.2) is 0 Å². The summed E-state index contributed by atoms with van der Waals surface area (Å²) in [4.78, 5) is 0. The summed E-state index contributed by atoms with van der Waals surface area (Å²) < 4.78 is 21.1. The molecule has 0 bridgehead atoms. The first kappa shape index (κ1) is 4.98. The Balaban J connectivity index is 3.43. The summed E-state index contributed by atoms with van der Waals surface area (Å²) in [5, 5.41) is 0. The monoisotopic (exact) mass is 86.0 g/mol. The maximum atomic E-state index is 10.5. The van der Waals surface area contributed by atoms with E-state index in [9.17, 15) is 8.78 Å². The summed E-state index contributed by atoms with van der Waals surface area (Å²) in [6.07, 6.45) is 1.81. The SMILES string of the molecule is FC#CC#CF. The molecule has 0 aromatic rings. The van der Waals surface area contributed by atoms with Crippen LogP contribution in [0.25, 0.3) is 0 Å². The van der Waals surface area contributed by atoms with Crippen LogP contribution in [0.15, 0.2) is 0 Å². The van der Waals surface area contributed by atoms with Gasteiger partial charge in [-0.3, -0.25) is 0 Å². The van der Waals surface area contributed by atoms with Gasteiger partial charge >= 0.3 is 0 Å². The number of hydrogen-bond donors (Lipinski definition) is 0. The van der Waals surface area contributed by atoms with E-state index in [-0.39, 0.29) is 0 Å². The Morgan fingerprint density at radius 2 is 1.17 bits per heavy atom. The van der Waals surface area contributed by atoms with Gasteiger partial charge in [-0.25, -0.2) is 0 Å². The fourth-order valence-corrected chi connectivity index (χ4v) is 0.0472. The van der Waals surface area contributed by atoms with Crippen LogP contribution >= 0.6 is 0 Å². The standard InChI is InChI=1S/C4F2/c5-3-1-2-4-6. The third kappa shape index (κ3) is 2.98. The predicted octanol–water partition coefficient (Wildman–Crippen LogP) is 0.847. The van der Waals surface area contributed by atoms with Gasteiger partial charge in [0.25, 0.3) is 0 Å². The average Bonchev–Trinajstić information content (AvgIpc) is 1.61. The van der Waals surface area contributed by atoms with E-state index in [2.05, 4.69) is 0 Å². The van der Waals surface area contributed by atoms with E-state index in [0.29, 0.717) is 0 Å². The molecule has 2 heteroatoms. The Bertz CT molecular complexity index is 109. The molecule has 0 rings (SSSR count). The molecule has 0 amide bonds. The number of hydrogen-bond acceptors (Lipinski definition) is 0. The largest absolute Gasteiger partial charge is 0.143 e. The molecule has 0 atom stereocenters. The van der Waals surface area contributed by atoms with Gasteiger partial charge in [0, 0.05) is 11.8 Å². The van der Waals surface area contributed by atoms with Crippen molar-refractivity contribution in [3.8, 4) is 24.2 Å². The lowest BCUT2D eigenvalue weighted by Crippen LogP contribution is -1.39. The predicted molar refractivity (Wildman–Crippen MR) is 17.8 cm³/mol. The Kier molecular flexibility index (Phi) is 3.30. The Morgan fingerprint density at radius 3 is 1.33 bits per heavy atom. The lowest BCUT2D eigenvalue weighted by molar-refractivity contribution is 0.770. The summed E-state index contributed by atoms with van der Waals surface area (Å²) in [5.74, 6) is 3.09. The minimum Gasteiger partial charge on any atom is -0.143 e. The van der Waals surface area contributed by atoms with Crippen molar-refractivity contribution in [2.75, 3.05) is 0 Å². The van der Waals surface area contributed by atoms with E-state index >= 15 is 0 Å². The Morgan fingerprint density at radius 1 is 0.833 bits per heavy atom. The van der Waals surface area contributed by atoms with Gasteiger partial charge in [-0.1, -0.05) is 0 Å². The van der Waals surface area contributed by atoms with Crippen molar-refractivity contribution in [3.05, 3.63) is 0 Å². The van der Waals surface area contributed by atoms with Crippen molar-refractivity contribution in [1.29, 1.82) is 0 Å². The third-order valence-electron chi connectivity index (χ3n) is 0.157. The summed E-state index contributed by atoms with van der Waals surface area (Å²) >= 11 is 0. The van der Waals surface area contributed by atoms with E-state index in [1.54, 1.807) is 11.8 Å². The molecule has 0 radical (unpaired) electrons. The summed E-state index contributed by atoms with van der Waals surface area (Å²) in [6.45, 7) is 0.